The number of nitrogens with zero attached hydrogens (tertiary/aromatic N) is 1. The first-order chi connectivity index (χ1) is 9.11. The first-order valence-electron chi connectivity index (χ1n) is 5.53. The second-order valence-electron chi connectivity index (χ2n) is 3.96. The lowest BCUT2D eigenvalue weighted by atomic mass is 10.2. The van der Waals surface area contributed by atoms with Crippen molar-refractivity contribution in [2.24, 2.45) is 0 Å². The van der Waals surface area contributed by atoms with E-state index in [-0.39, 0.29) is 5.75 Å². The molecule has 2 aromatic rings. The normalized spacial score (nSPS) is 11.8. The number of halogens is 1. The largest absolute Gasteiger partial charge is 0.398 e. The molecular formula is C14H11ClN2OS. The molecule has 0 aliphatic carbocycles. The van der Waals surface area contributed by atoms with Gasteiger partial charge in [-0.2, -0.15) is 5.26 Å². The molecule has 0 aliphatic heterocycles. The summed E-state index contributed by atoms with van der Waals surface area (Å²) in [7, 11) is -1.33. The lowest BCUT2D eigenvalue weighted by molar-refractivity contribution is 0.683. The molecule has 0 saturated carbocycles. The predicted octanol–water partition coefficient (Wildman–Crippen LogP) is 3.10. The van der Waals surface area contributed by atoms with Gasteiger partial charge in [-0.15, -0.1) is 0 Å². The van der Waals surface area contributed by atoms with Gasteiger partial charge in [-0.25, -0.2) is 0 Å². The first-order valence-corrected chi connectivity index (χ1v) is 7.23. The molecule has 0 spiro atoms. The standard InChI is InChI=1S/C14H11ClN2OS/c15-12-5-2-6-13(17)14(12)19(18)9-11-4-1-3-10(7-11)8-16/h1-7H,9,17H2. The highest BCUT2D eigenvalue weighted by molar-refractivity contribution is 7.84. The summed E-state index contributed by atoms with van der Waals surface area (Å²) < 4.78 is 12.3. The topological polar surface area (TPSA) is 66.9 Å². The Morgan fingerprint density at radius 3 is 2.68 bits per heavy atom. The molecule has 2 rings (SSSR count). The van der Waals surface area contributed by atoms with Crippen molar-refractivity contribution < 1.29 is 4.21 Å². The zero-order chi connectivity index (χ0) is 13.8. The number of anilines is 1. The van der Waals surface area contributed by atoms with Crippen LogP contribution in [0.2, 0.25) is 5.02 Å². The molecule has 0 heterocycles. The number of hydrogen-bond donors (Lipinski definition) is 1. The zero-order valence-corrected chi connectivity index (χ0v) is 11.5. The van der Waals surface area contributed by atoms with Crippen molar-refractivity contribution in [3.8, 4) is 6.07 Å². The first kappa shape index (κ1) is 13.6. The maximum Gasteiger partial charge on any atom is 0.0991 e. The highest BCUT2D eigenvalue weighted by Crippen LogP contribution is 2.27. The van der Waals surface area contributed by atoms with Crippen LogP contribution >= 0.6 is 11.6 Å². The van der Waals surface area contributed by atoms with E-state index in [4.69, 9.17) is 22.6 Å². The zero-order valence-electron chi connectivity index (χ0n) is 9.97. The van der Waals surface area contributed by atoms with Gasteiger partial charge in [0.2, 0.25) is 0 Å². The molecule has 1 unspecified atom stereocenters. The van der Waals surface area contributed by atoms with Crippen molar-refractivity contribution in [2.75, 3.05) is 5.73 Å². The molecule has 0 saturated heterocycles. The number of nitrogens with two attached hydrogens (primary N) is 1. The molecule has 0 aromatic heterocycles. The highest BCUT2D eigenvalue weighted by atomic mass is 35.5. The van der Waals surface area contributed by atoms with E-state index in [0.717, 1.165) is 5.56 Å². The molecule has 0 bridgehead atoms. The molecule has 2 N–H and O–H groups in total. The molecule has 5 heteroatoms. The molecule has 96 valence electrons. The van der Waals surface area contributed by atoms with Gasteiger partial charge in [0.05, 0.1) is 38.1 Å². The minimum absolute atomic E-state index is 0.281. The van der Waals surface area contributed by atoms with E-state index in [2.05, 4.69) is 6.07 Å². The molecule has 0 amide bonds. The van der Waals surface area contributed by atoms with Crippen molar-refractivity contribution in [3.63, 3.8) is 0 Å². The molecule has 2 aromatic carbocycles. The summed E-state index contributed by atoms with van der Waals surface area (Å²) in [4.78, 5) is 0.450. The van der Waals surface area contributed by atoms with Crippen LogP contribution < -0.4 is 5.73 Å². The Morgan fingerprint density at radius 2 is 2.00 bits per heavy atom. The molecule has 0 radical (unpaired) electrons. The summed E-state index contributed by atoms with van der Waals surface area (Å²) in [6.45, 7) is 0. The van der Waals surface area contributed by atoms with Crippen LogP contribution in [-0.2, 0) is 16.6 Å². The quantitative estimate of drug-likeness (QED) is 0.883. The molecule has 0 aliphatic rings. The predicted molar refractivity (Wildman–Crippen MR) is 77.1 cm³/mol. The summed E-state index contributed by atoms with van der Waals surface area (Å²) >= 11 is 6.02. The lowest BCUT2D eigenvalue weighted by Crippen LogP contribution is -2.02. The summed E-state index contributed by atoms with van der Waals surface area (Å²) in [6, 6.07) is 14.1. The molecule has 19 heavy (non-hydrogen) atoms. The summed E-state index contributed by atoms with van der Waals surface area (Å²) in [5.41, 5.74) is 7.58. The van der Waals surface area contributed by atoms with Gasteiger partial charge in [0.25, 0.3) is 0 Å². The van der Waals surface area contributed by atoms with E-state index in [1.807, 2.05) is 6.07 Å². The van der Waals surface area contributed by atoms with Crippen molar-refractivity contribution in [3.05, 3.63) is 58.6 Å². The van der Waals surface area contributed by atoms with E-state index in [1.165, 1.54) is 0 Å². The SMILES string of the molecule is N#Cc1cccc(CS(=O)c2c(N)cccc2Cl)c1. The fourth-order valence-corrected chi connectivity index (χ4v) is 3.40. The van der Waals surface area contributed by atoms with Crippen molar-refractivity contribution in [1.29, 1.82) is 5.26 Å². The minimum atomic E-state index is -1.33. The number of nitriles is 1. The Balaban J connectivity index is 2.29. The second-order valence-corrected chi connectivity index (χ2v) is 5.76. The fraction of sp³-hybridized carbons (Fsp3) is 0.0714. The Kier molecular flexibility index (Phi) is 4.20. The van der Waals surface area contributed by atoms with E-state index < -0.39 is 10.8 Å². The monoisotopic (exact) mass is 290 g/mol. The van der Waals surface area contributed by atoms with Gasteiger partial charge in [0, 0.05) is 5.69 Å². The van der Waals surface area contributed by atoms with E-state index in [1.54, 1.807) is 36.4 Å². The maximum atomic E-state index is 12.3. The van der Waals surface area contributed by atoms with Crippen LogP contribution in [0.1, 0.15) is 11.1 Å². The van der Waals surface area contributed by atoms with Crippen LogP contribution in [0.3, 0.4) is 0 Å². The number of rotatable bonds is 3. The summed E-state index contributed by atoms with van der Waals surface area (Å²) in [5.74, 6) is 0.281. The third-order valence-electron chi connectivity index (χ3n) is 2.58. The van der Waals surface area contributed by atoms with Gasteiger partial charge in [-0.3, -0.25) is 4.21 Å². The van der Waals surface area contributed by atoms with Crippen LogP contribution in [-0.4, -0.2) is 4.21 Å². The van der Waals surface area contributed by atoms with Crippen LogP contribution in [0, 0.1) is 11.3 Å². The minimum Gasteiger partial charge on any atom is -0.398 e. The summed E-state index contributed by atoms with van der Waals surface area (Å²) in [6.07, 6.45) is 0. The number of benzene rings is 2. The Labute approximate surface area is 119 Å². The van der Waals surface area contributed by atoms with E-state index >= 15 is 0 Å². The summed E-state index contributed by atoms with van der Waals surface area (Å²) in [5, 5.41) is 9.23. The van der Waals surface area contributed by atoms with Crippen LogP contribution in [0.25, 0.3) is 0 Å². The average Bonchev–Trinajstić information content (AvgIpc) is 2.38. The maximum absolute atomic E-state index is 12.3. The van der Waals surface area contributed by atoms with Gasteiger partial charge in [-0.05, 0) is 29.8 Å². The van der Waals surface area contributed by atoms with Crippen LogP contribution in [0.15, 0.2) is 47.4 Å². The Morgan fingerprint density at radius 1 is 1.26 bits per heavy atom. The van der Waals surface area contributed by atoms with Gasteiger partial charge in [0.1, 0.15) is 0 Å². The van der Waals surface area contributed by atoms with Gasteiger partial charge in [-0.1, -0.05) is 29.8 Å². The van der Waals surface area contributed by atoms with E-state index in [9.17, 15) is 4.21 Å². The van der Waals surface area contributed by atoms with Crippen LogP contribution in [0.4, 0.5) is 5.69 Å². The Bertz CT molecular complexity index is 659. The van der Waals surface area contributed by atoms with Crippen molar-refractivity contribution in [2.45, 2.75) is 10.6 Å². The fourth-order valence-electron chi connectivity index (χ4n) is 1.72. The highest BCUT2D eigenvalue weighted by Gasteiger charge is 2.13. The molecule has 1 atom stereocenters. The average molecular weight is 291 g/mol. The van der Waals surface area contributed by atoms with E-state index in [0.29, 0.717) is 21.2 Å². The molecular weight excluding hydrogens is 280 g/mol. The smallest absolute Gasteiger partial charge is 0.0991 e. The van der Waals surface area contributed by atoms with Crippen molar-refractivity contribution in [1.82, 2.24) is 0 Å². The van der Waals surface area contributed by atoms with Gasteiger partial charge < -0.3 is 5.73 Å². The van der Waals surface area contributed by atoms with Gasteiger partial charge >= 0.3 is 0 Å². The Hall–Kier alpha value is -1.83. The molecule has 3 nitrogen and oxygen atoms in total. The third-order valence-corrected chi connectivity index (χ3v) is 4.51. The van der Waals surface area contributed by atoms with Gasteiger partial charge in [0.15, 0.2) is 0 Å². The lowest BCUT2D eigenvalue weighted by Gasteiger charge is -2.08. The molecule has 0 fully saturated rings. The van der Waals surface area contributed by atoms with Crippen molar-refractivity contribution >= 4 is 28.1 Å². The van der Waals surface area contributed by atoms with Crippen LogP contribution in [0.5, 0.6) is 0 Å². The second kappa shape index (κ2) is 5.87. The third kappa shape index (κ3) is 3.14. The number of hydrogen-bond acceptors (Lipinski definition) is 3. The number of nitrogen functional groups attached to an aromatic ring is 1.